The van der Waals surface area contributed by atoms with Gasteiger partial charge in [0, 0.05) is 5.56 Å². The van der Waals surface area contributed by atoms with Crippen LogP contribution < -0.4 is 10.2 Å². The number of methoxy groups -OCH3 is 1. The molecule has 0 aromatic heterocycles. The molecule has 114 valence electrons. The van der Waals surface area contributed by atoms with E-state index in [1.54, 1.807) is 31.4 Å². The second-order valence-corrected chi connectivity index (χ2v) is 4.34. The van der Waals surface area contributed by atoms with Crippen molar-refractivity contribution in [2.24, 2.45) is 5.10 Å². The zero-order chi connectivity index (χ0) is 16.1. The molecule has 0 aliphatic rings. The summed E-state index contributed by atoms with van der Waals surface area (Å²) in [4.78, 5) is 11.8. The Balaban J connectivity index is 2.07. The molecule has 0 bridgehead atoms. The summed E-state index contributed by atoms with van der Waals surface area (Å²) in [6.45, 7) is 0. The first kappa shape index (κ1) is 15.2. The van der Waals surface area contributed by atoms with Gasteiger partial charge in [-0.15, -0.1) is 0 Å². The van der Waals surface area contributed by atoms with Crippen LogP contribution in [0.3, 0.4) is 0 Å². The van der Waals surface area contributed by atoms with Gasteiger partial charge in [-0.25, -0.2) is 5.43 Å². The third kappa shape index (κ3) is 3.45. The Morgan fingerprint density at radius 1 is 1.18 bits per heavy atom. The highest BCUT2D eigenvalue weighted by Gasteiger charge is 2.12. The molecule has 2 aromatic carbocycles. The van der Waals surface area contributed by atoms with Crippen molar-refractivity contribution in [1.29, 1.82) is 0 Å². The van der Waals surface area contributed by atoms with Gasteiger partial charge in [0.1, 0.15) is 5.75 Å². The number of phenols is 3. The number of hydrogen-bond donors (Lipinski definition) is 4. The van der Waals surface area contributed by atoms with Crippen LogP contribution in [0.2, 0.25) is 0 Å². The fraction of sp³-hybridized carbons (Fsp3) is 0.0667. The average molecular weight is 302 g/mol. The lowest BCUT2D eigenvalue weighted by molar-refractivity contribution is 0.0954. The van der Waals surface area contributed by atoms with E-state index in [4.69, 9.17) is 4.74 Å². The van der Waals surface area contributed by atoms with Gasteiger partial charge < -0.3 is 20.1 Å². The number of hydrazone groups is 1. The van der Waals surface area contributed by atoms with Crippen molar-refractivity contribution < 1.29 is 24.9 Å². The number of nitrogens with one attached hydrogen (secondary N) is 1. The molecular formula is C15H14N2O5. The number of amides is 1. The number of nitrogens with zero attached hydrogens (tertiary/aromatic N) is 1. The SMILES string of the molecule is COc1cccc(C=NNC(=O)c2cc(O)c(O)c(O)c2)c1. The fourth-order valence-corrected chi connectivity index (χ4v) is 1.69. The van der Waals surface area contributed by atoms with Crippen molar-refractivity contribution in [3.8, 4) is 23.0 Å². The van der Waals surface area contributed by atoms with Crippen LogP contribution in [0.5, 0.6) is 23.0 Å². The fourth-order valence-electron chi connectivity index (χ4n) is 1.69. The van der Waals surface area contributed by atoms with E-state index in [0.29, 0.717) is 5.75 Å². The van der Waals surface area contributed by atoms with E-state index < -0.39 is 23.2 Å². The Morgan fingerprint density at radius 2 is 1.86 bits per heavy atom. The number of aromatic hydroxyl groups is 3. The first-order valence-electron chi connectivity index (χ1n) is 6.23. The minimum atomic E-state index is -0.684. The van der Waals surface area contributed by atoms with Crippen molar-refractivity contribution in [2.75, 3.05) is 7.11 Å². The molecule has 0 heterocycles. The molecule has 2 rings (SSSR count). The molecule has 0 aliphatic carbocycles. The molecule has 1 amide bonds. The van der Waals surface area contributed by atoms with E-state index in [2.05, 4.69) is 10.5 Å². The van der Waals surface area contributed by atoms with Crippen LogP contribution >= 0.6 is 0 Å². The normalized spacial score (nSPS) is 10.6. The molecule has 7 heteroatoms. The predicted octanol–water partition coefficient (Wildman–Crippen LogP) is 1.58. The van der Waals surface area contributed by atoms with Gasteiger partial charge in [-0.3, -0.25) is 4.79 Å². The van der Waals surface area contributed by atoms with Crippen LogP contribution in [0.15, 0.2) is 41.5 Å². The lowest BCUT2D eigenvalue weighted by Crippen LogP contribution is -2.17. The van der Waals surface area contributed by atoms with Crippen molar-refractivity contribution >= 4 is 12.1 Å². The Kier molecular flexibility index (Phi) is 4.47. The maximum absolute atomic E-state index is 11.8. The van der Waals surface area contributed by atoms with Crippen LogP contribution in [0.1, 0.15) is 15.9 Å². The highest BCUT2D eigenvalue weighted by molar-refractivity contribution is 5.96. The monoisotopic (exact) mass is 302 g/mol. The van der Waals surface area contributed by atoms with Crippen molar-refractivity contribution in [3.05, 3.63) is 47.5 Å². The Morgan fingerprint density at radius 3 is 2.50 bits per heavy atom. The van der Waals surface area contributed by atoms with Crippen LogP contribution in [0.4, 0.5) is 0 Å². The molecule has 4 N–H and O–H groups in total. The van der Waals surface area contributed by atoms with Crippen LogP contribution in [0, 0.1) is 0 Å². The molecule has 0 saturated heterocycles. The van der Waals surface area contributed by atoms with Crippen LogP contribution in [-0.4, -0.2) is 34.6 Å². The molecule has 22 heavy (non-hydrogen) atoms. The van der Waals surface area contributed by atoms with E-state index in [0.717, 1.165) is 17.7 Å². The first-order chi connectivity index (χ1) is 10.5. The standard InChI is InChI=1S/C15H14N2O5/c1-22-11-4-2-3-9(5-11)8-16-17-15(21)10-6-12(18)14(20)13(19)7-10/h2-8,18-20H,1H3,(H,17,21). The zero-order valence-corrected chi connectivity index (χ0v) is 11.6. The number of rotatable bonds is 4. The zero-order valence-electron chi connectivity index (χ0n) is 11.6. The smallest absolute Gasteiger partial charge is 0.271 e. The number of hydrogen-bond acceptors (Lipinski definition) is 6. The van der Waals surface area contributed by atoms with Crippen LogP contribution in [0.25, 0.3) is 0 Å². The molecule has 2 aromatic rings. The molecule has 7 nitrogen and oxygen atoms in total. The third-order valence-electron chi connectivity index (χ3n) is 2.81. The number of phenolic OH excluding ortho intramolecular Hbond substituents is 3. The Bertz CT molecular complexity index is 705. The largest absolute Gasteiger partial charge is 0.504 e. The topological polar surface area (TPSA) is 111 Å². The molecule has 0 fully saturated rings. The summed E-state index contributed by atoms with van der Waals surface area (Å²) in [5, 5.41) is 31.7. The molecule has 0 radical (unpaired) electrons. The van der Waals surface area contributed by atoms with Gasteiger partial charge in [0.05, 0.1) is 13.3 Å². The lowest BCUT2D eigenvalue weighted by Gasteiger charge is -2.04. The molecule has 0 spiro atoms. The van der Waals surface area contributed by atoms with Gasteiger partial charge in [0.25, 0.3) is 5.91 Å². The minimum Gasteiger partial charge on any atom is -0.504 e. The van der Waals surface area contributed by atoms with Gasteiger partial charge >= 0.3 is 0 Å². The van der Waals surface area contributed by atoms with Crippen LogP contribution in [-0.2, 0) is 0 Å². The number of ether oxygens (including phenoxy) is 1. The van der Waals surface area contributed by atoms with E-state index in [9.17, 15) is 20.1 Å². The predicted molar refractivity (Wildman–Crippen MR) is 79.5 cm³/mol. The number of carbonyl (C=O) groups is 1. The summed E-state index contributed by atoms with van der Waals surface area (Å²) < 4.78 is 5.06. The first-order valence-corrected chi connectivity index (χ1v) is 6.23. The molecule has 0 saturated carbocycles. The summed E-state index contributed by atoms with van der Waals surface area (Å²) in [6.07, 6.45) is 1.42. The van der Waals surface area contributed by atoms with Gasteiger partial charge in [-0.2, -0.15) is 5.10 Å². The van der Waals surface area contributed by atoms with E-state index in [-0.39, 0.29) is 5.56 Å². The quantitative estimate of drug-likeness (QED) is 0.389. The van der Waals surface area contributed by atoms with E-state index >= 15 is 0 Å². The Labute approximate surface area is 126 Å². The molecular weight excluding hydrogens is 288 g/mol. The van der Waals surface area contributed by atoms with E-state index in [1.807, 2.05) is 0 Å². The second kappa shape index (κ2) is 6.49. The number of carbonyl (C=O) groups excluding carboxylic acids is 1. The highest BCUT2D eigenvalue weighted by Crippen LogP contribution is 2.35. The number of benzene rings is 2. The third-order valence-corrected chi connectivity index (χ3v) is 2.81. The molecule has 0 aliphatic heterocycles. The molecule has 0 unspecified atom stereocenters. The summed E-state index contributed by atoms with van der Waals surface area (Å²) in [5.74, 6) is -1.87. The summed E-state index contributed by atoms with van der Waals surface area (Å²) in [7, 11) is 1.54. The van der Waals surface area contributed by atoms with Crippen molar-refractivity contribution in [3.63, 3.8) is 0 Å². The van der Waals surface area contributed by atoms with Gasteiger partial charge in [-0.05, 0) is 29.8 Å². The molecule has 0 atom stereocenters. The summed E-state index contributed by atoms with van der Waals surface area (Å²) in [6, 6.07) is 9.09. The maximum Gasteiger partial charge on any atom is 0.271 e. The maximum atomic E-state index is 11.8. The Hall–Kier alpha value is -3.22. The average Bonchev–Trinajstić information content (AvgIpc) is 2.52. The highest BCUT2D eigenvalue weighted by atomic mass is 16.5. The van der Waals surface area contributed by atoms with Gasteiger partial charge in [-0.1, -0.05) is 12.1 Å². The lowest BCUT2D eigenvalue weighted by atomic mass is 10.2. The summed E-state index contributed by atoms with van der Waals surface area (Å²) in [5.41, 5.74) is 2.92. The van der Waals surface area contributed by atoms with Gasteiger partial charge in [0.2, 0.25) is 0 Å². The minimum absolute atomic E-state index is 0.0457. The van der Waals surface area contributed by atoms with Gasteiger partial charge in [0.15, 0.2) is 17.2 Å². The summed E-state index contributed by atoms with van der Waals surface area (Å²) >= 11 is 0. The second-order valence-electron chi connectivity index (χ2n) is 4.34. The van der Waals surface area contributed by atoms with Crippen molar-refractivity contribution in [1.82, 2.24) is 5.43 Å². The van der Waals surface area contributed by atoms with Crippen molar-refractivity contribution in [2.45, 2.75) is 0 Å². The van der Waals surface area contributed by atoms with E-state index in [1.165, 1.54) is 6.21 Å².